The number of aliphatic hydroxyl groups excluding tert-OH is 2. The Morgan fingerprint density at radius 2 is 1.47 bits per heavy atom. The standard InChI is InChI=1S/C12H27NO2/c1-13(2)10-8-6-4-3-5-7-9-12(15)11-14/h12,14-15H,3-11H2,1-2H3. The molecule has 0 spiro atoms. The van der Waals surface area contributed by atoms with Crippen LogP contribution < -0.4 is 0 Å². The lowest BCUT2D eigenvalue weighted by atomic mass is 10.1. The molecule has 1 unspecified atom stereocenters. The first-order valence-corrected chi connectivity index (χ1v) is 6.10. The van der Waals surface area contributed by atoms with Crippen LogP contribution in [0.1, 0.15) is 44.9 Å². The zero-order valence-electron chi connectivity index (χ0n) is 10.3. The Morgan fingerprint density at radius 1 is 0.933 bits per heavy atom. The van der Waals surface area contributed by atoms with Gasteiger partial charge in [0.15, 0.2) is 0 Å². The first-order valence-electron chi connectivity index (χ1n) is 6.10. The topological polar surface area (TPSA) is 43.7 Å². The van der Waals surface area contributed by atoms with E-state index in [0.717, 1.165) is 12.8 Å². The van der Waals surface area contributed by atoms with Crippen molar-refractivity contribution < 1.29 is 10.2 Å². The molecule has 0 aliphatic carbocycles. The van der Waals surface area contributed by atoms with E-state index in [1.807, 2.05) is 0 Å². The Bertz CT molecular complexity index is 129. The van der Waals surface area contributed by atoms with Crippen molar-refractivity contribution in [1.29, 1.82) is 0 Å². The van der Waals surface area contributed by atoms with Crippen molar-refractivity contribution in [2.75, 3.05) is 27.2 Å². The van der Waals surface area contributed by atoms with Gasteiger partial charge in [-0.15, -0.1) is 0 Å². The van der Waals surface area contributed by atoms with Gasteiger partial charge in [0, 0.05) is 0 Å². The van der Waals surface area contributed by atoms with E-state index in [1.165, 1.54) is 38.6 Å². The van der Waals surface area contributed by atoms with Gasteiger partial charge in [0.2, 0.25) is 0 Å². The van der Waals surface area contributed by atoms with Gasteiger partial charge in [0.1, 0.15) is 0 Å². The average molecular weight is 217 g/mol. The highest BCUT2D eigenvalue weighted by Gasteiger charge is 2.00. The summed E-state index contributed by atoms with van der Waals surface area (Å²) in [6, 6.07) is 0. The molecule has 3 nitrogen and oxygen atoms in total. The summed E-state index contributed by atoms with van der Waals surface area (Å²) in [4.78, 5) is 2.22. The second-order valence-corrected chi connectivity index (χ2v) is 4.55. The summed E-state index contributed by atoms with van der Waals surface area (Å²) >= 11 is 0. The molecule has 0 heterocycles. The zero-order chi connectivity index (χ0) is 11.5. The maximum atomic E-state index is 9.10. The summed E-state index contributed by atoms with van der Waals surface area (Å²) in [7, 11) is 4.21. The van der Waals surface area contributed by atoms with Gasteiger partial charge < -0.3 is 15.1 Å². The average Bonchev–Trinajstić information content (AvgIpc) is 2.21. The highest BCUT2D eigenvalue weighted by Crippen LogP contribution is 2.08. The Hall–Kier alpha value is -0.120. The minimum atomic E-state index is -0.501. The van der Waals surface area contributed by atoms with Crippen molar-refractivity contribution in [1.82, 2.24) is 4.90 Å². The van der Waals surface area contributed by atoms with Crippen molar-refractivity contribution >= 4 is 0 Å². The van der Waals surface area contributed by atoms with E-state index in [2.05, 4.69) is 19.0 Å². The molecule has 0 fully saturated rings. The van der Waals surface area contributed by atoms with Crippen molar-refractivity contribution in [3.8, 4) is 0 Å². The lowest BCUT2D eigenvalue weighted by molar-refractivity contribution is 0.0860. The summed E-state index contributed by atoms with van der Waals surface area (Å²) in [6.45, 7) is 1.09. The van der Waals surface area contributed by atoms with Crippen LogP contribution in [-0.4, -0.2) is 48.5 Å². The minimum absolute atomic E-state index is 0.0944. The summed E-state index contributed by atoms with van der Waals surface area (Å²) in [5, 5.41) is 17.7. The molecule has 0 saturated heterocycles. The molecule has 0 bridgehead atoms. The van der Waals surface area contributed by atoms with Crippen molar-refractivity contribution in [2.45, 2.75) is 51.0 Å². The Morgan fingerprint density at radius 3 is 2.00 bits per heavy atom. The van der Waals surface area contributed by atoms with E-state index >= 15 is 0 Å². The van der Waals surface area contributed by atoms with Crippen LogP contribution in [-0.2, 0) is 0 Å². The van der Waals surface area contributed by atoms with Crippen molar-refractivity contribution in [3.05, 3.63) is 0 Å². The van der Waals surface area contributed by atoms with E-state index < -0.39 is 6.10 Å². The highest BCUT2D eigenvalue weighted by atomic mass is 16.3. The normalized spacial score (nSPS) is 13.4. The van der Waals surface area contributed by atoms with E-state index in [0.29, 0.717) is 0 Å². The molecule has 0 aromatic carbocycles. The fourth-order valence-corrected chi connectivity index (χ4v) is 1.61. The molecule has 0 amide bonds. The van der Waals surface area contributed by atoms with Gasteiger partial charge in [-0.3, -0.25) is 0 Å². The highest BCUT2D eigenvalue weighted by molar-refractivity contribution is 4.54. The number of hydrogen-bond acceptors (Lipinski definition) is 3. The molecule has 0 aromatic heterocycles. The fourth-order valence-electron chi connectivity index (χ4n) is 1.61. The van der Waals surface area contributed by atoms with E-state index in [4.69, 9.17) is 10.2 Å². The Labute approximate surface area is 94.1 Å². The Balaban J connectivity index is 2.99. The first-order chi connectivity index (χ1) is 7.16. The second-order valence-electron chi connectivity index (χ2n) is 4.55. The number of aliphatic hydroxyl groups is 2. The van der Waals surface area contributed by atoms with Gasteiger partial charge in [-0.05, 0) is 33.5 Å². The van der Waals surface area contributed by atoms with Gasteiger partial charge in [-0.2, -0.15) is 0 Å². The molecule has 15 heavy (non-hydrogen) atoms. The van der Waals surface area contributed by atoms with Gasteiger partial charge in [-0.25, -0.2) is 0 Å². The lowest BCUT2D eigenvalue weighted by Gasteiger charge is -2.09. The van der Waals surface area contributed by atoms with Crippen LogP contribution in [0, 0.1) is 0 Å². The van der Waals surface area contributed by atoms with Crippen LogP contribution in [0.2, 0.25) is 0 Å². The molecule has 0 radical (unpaired) electrons. The third kappa shape index (κ3) is 11.8. The molecule has 0 rings (SSSR count). The number of hydrogen-bond donors (Lipinski definition) is 2. The SMILES string of the molecule is CN(C)CCCCCCCCC(O)CO. The predicted molar refractivity (Wildman–Crippen MR) is 64.0 cm³/mol. The van der Waals surface area contributed by atoms with Crippen LogP contribution in [0.25, 0.3) is 0 Å². The maximum absolute atomic E-state index is 9.10. The zero-order valence-corrected chi connectivity index (χ0v) is 10.3. The quantitative estimate of drug-likeness (QED) is 0.547. The second kappa shape index (κ2) is 10.4. The van der Waals surface area contributed by atoms with Gasteiger partial charge in [0.25, 0.3) is 0 Å². The van der Waals surface area contributed by atoms with E-state index in [9.17, 15) is 0 Å². The van der Waals surface area contributed by atoms with Gasteiger partial charge >= 0.3 is 0 Å². The molecule has 92 valence electrons. The summed E-state index contributed by atoms with van der Waals surface area (Å²) in [5.41, 5.74) is 0. The predicted octanol–water partition coefficient (Wildman–Crippen LogP) is 1.63. The van der Waals surface area contributed by atoms with Crippen molar-refractivity contribution in [3.63, 3.8) is 0 Å². The maximum Gasteiger partial charge on any atom is 0.0770 e. The molecule has 3 heteroatoms. The molecular formula is C12H27NO2. The van der Waals surface area contributed by atoms with Crippen LogP contribution in [0.15, 0.2) is 0 Å². The Kier molecular flexibility index (Phi) is 10.3. The molecule has 0 aromatic rings. The number of nitrogens with zero attached hydrogens (tertiary/aromatic N) is 1. The van der Waals surface area contributed by atoms with Gasteiger partial charge in [0.05, 0.1) is 12.7 Å². The van der Waals surface area contributed by atoms with Crippen molar-refractivity contribution in [2.24, 2.45) is 0 Å². The first kappa shape index (κ1) is 14.9. The summed E-state index contributed by atoms with van der Waals surface area (Å²) in [5.74, 6) is 0. The monoisotopic (exact) mass is 217 g/mol. The van der Waals surface area contributed by atoms with E-state index in [-0.39, 0.29) is 6.61 Å². The molecular weight excluding hydrogens is 190 g/mol. The van der Waals surface area contributed by atoms with Gasteiger partial charge in [-0.1, -0.05) is 32.1 Å². The molecule has 2 N–H and O–H groups in total. The van der Waals surface area contributed by atoms with Crippen LogP contribution in [0.5, 0.6) is 0 Å². The number of unbranched alkanes of at least 4 members (excludes halogenated alkanes) is 5. The smallest absolute Gasteiger partial charge is 0.0770 e. The van der Waals surface area contributed by atoms with E-state index in [1.54, 1.807) is 0 Å². The fraction of sp³-hybridized carbons (Fsp3) is 1.00. The third-order valence-corrected chi connectivity index (χ3v) is 2.60. The molecule has 1 atom stereocenters. The van der Waals surface area contributed by atoms with Crippen LogP contribution in [0.3, 0.4) is 0 Å². The molecule has 0 saturated carbocycles. The minimum Gasteiger partial charge on any atom is -0.394 e. The molecule has 0 aliphatic rings. The van der Waals surface area contributed by atoms with Crippen LogP contribution >= 0.6 is 0 Å². The summed E-state index contributed by atoms with van der Waals surface area (Å²) < 4.78 is 0. The van der Waals surface area contributed by atoms with Crippen LogP contribution in [0.4, 0.5) is 0 Å². The largest absolute Gasteiger partial charge is 0.394 e. The summed E-state index contributed by atoms with van der Waals surface area (Å²) in [6.07, 6.45) is 7.60. The third-order valence-electron chi connectivity index (χ3n) is 2.60. The lowest BCUT2D eigenvalue weighted by Crippen LogP contribution is -2.12. The number of rotatable bonds is 10. The molecule has 0 aliphatic heterocycles.